The Labute approximate surface area is 176 Å². The van der Waals surface area contributed by atoms with Gasteiger partial charge in [0.1, 0.15) is 12.3 Å². The standard InChI is InChI=1S/C24H24N4O2/c1-17-5-4-12-28(24(17)29)22-11-6-19(13-18(22)2)15-27-16-26-14-23(27)30-21-9-7-20(25-3)8-10-21/h6-11,13-14,16-17H,4-5,12,15H2,1-2H3/p+1. The average Bonchev–Trinajstić information content (AvgIpc) is 3.17. The summed E-state index contributed by atoms with van der Waals surface area (Å²) >= 11 is 0. The zero-order chi connectivity index (χ0) is 21.1. The zero-order valence-corrected chi connectivity index (χ0v) is 17.3. The molecule has 3 aromatic rings. The number of amides is 1. The molecule has 1 amide bonds. The lowest BCUT2D eigenvalue weighted by Gasteiger charge is -2.31. The second-order valence-corrected chi connectivity index (χ2v) is 7.77. The number of hydrogen-bond acceptors (Lipinski definition) is 2. The molecular weight excluding hydrogens is 376 g/mol. The molecule has 6 heteroatoms. The fourth-order valence-corrected chi connectivity index (χ4v) is 3.88. The fourth-order valence-electron chi connectivity index (χ4n) is 3.88. The molecule has 1 atom stereocenters. The summed E-state index contributed by atoms with van der Waals surface area (Å²) < 4.78 is 7.96. The van der Waals surface area contributed by atoms with Crippen LogP contribution in [-0.2, 0) is 11.3 Å². The van der Waals surface area contributed by atoms with Gasteiger partial charge in [-0.05, 0) is 49.1 Å². The topological polar surface area (TPSA) is 53.6 Å². The fraction of sp³-hybridized carbons (Fsp3) is 0.292. The first kappa shape index (κ1) is 19.7. The second-order valence-electron chi connectivity index (χ2n) is 7.77. The number of H-pyrrole nitrogens is 1. The summed E-state index contributed by atoms with van der Waals surface area (Å²) in [4.78, 5) is 21.0. The summed E-state index contributed by atoms with van der Waals surface area (Å²) in [7, 11) is 0. The molecule has 0 aliphatic carbocycles. The van der Waals surface area contributed by atoms with Crippen LogP contribution in [0.15, 0.2) is 55.0 Å². The summed E-state index contributed by atoms with van der Waals surface area (Å²) in [5.74, 6) is 1.68. The molecule has 152 valence electrons. The van der Waals surface area contributed by atoms with Crippen LogP contribution < -0.4 is 14.2 Å². The van der Waals surface area contributed by atoms with Crippen molar-refractivity contribution in [1.29, 1.82) is 0 Å². The van der Waals surface area contributed by atoms with E-state index in [0.29, 0.717) is 23.9 Å². The number of aryl methyl sites for hydroxylation is 1. The number of carbonyl (C=O) groups excluding carboxylic acids is 1. The van der Waals surface area contributed by atoms with Gasteiger partial charge in [-0.1, -0.05) is 31.2 Å². The van der Waals surface area contributed by atoms with Crippen molar-refractivity contribution in [2.75, 3.05) is 11.4 Å². The number of nitrogens with zero attached hydrogens (tertiary/aromatic N) is 3. The van der Waals surface area contributed by atoms with Crippen molar-refractivity contribution in [1.82, 2.24) is 4.98 Å². The first-order valence-electron chi connectivity index (χ1n) is 10.2. The highest BCUT2D eigenvalue weighted by atomic mass is 16.5. The van der Waals surface area contributed by atoms with Gasteiger partial charge in [0, 0.05) is 18.2 Å². The lowest BCUT2D eigenvalue weighted by Crippen LogP contribution is -2.40. The van der Waals surface area contributed by atoms with Crippen molar-refractivity contribution >= 4 is 17.3 Å². The number of aromatic amines is 1. The number of aromatic nitrogens is 2. The van der Waals surface area contributed by atoms with Gasteiger partial charge < -0.3 is 9.64 Å². The van der Waals surface area contributed by atoms with E-state index in [1.165, 1.54) is 0 Å². The number of ether oxygens (including phenoxy) is 1. The molecule has 1 fully saturated rings. The Balaban J connectivity index is 1.50. The van der Waals surface area contributed by atoms with Gasteiger partial charge in [-0.2, -0.15) is 4.57 Å². The summed E-state index contributed by atoms with van der Waals surface area (Å²) in [6, 6.07) is 13.3. The molecule has 30 heavy (non-hydrogen) atoms. The smallest absolute Gasteiger partial charge is 0.330 e. The third-order valence-electron chi connectivity index (χ3n) is 5.52. The van der Waals surface area contributed by atoms with Crippen LogP contribution in [0, 0.1) is 19.4 Å². The Morgan fingerprint density at radius 2 is 2.07 bits per heavy atom. The minimum Gasteiger partial charge on any atom is -0.421 e. The van der Waals surface area contributed by atoms with Crippen LogP contribution >= 0.6 is 0 Å². The van der Waals surface area contributed by atoms with Crippen LogP contribution in [0.5, 0.6) is 11.6 Å². The van der Waals surface area contributed by atoms with Crippen molar-refractivity contribution in [3.63, 3.8) is 0 Å². The normalized spacial score (nSPS) is 16.4. The Kier molecular flexibility index (Phi) is 5.53. The predicted molar refractivity (Wildman–Crippen MR) is 115 cm³/mol. The highest BCUT2D eigenvalue weighted by molar-refractivity contribution is 5.96. The molecule has 1 unspecified atom stereocenters. The molecule has 0 spiro atoms. The number of nitrogens with one attached hydrogen (secondary N) is 1. The molecular formula is C24H25N4O2+. The number of piperidine rings is 1. The number of carbonyl (C=O) groups is 1. The molecule has 6 nitrogen and oxygen atoms in total. The summed E-state index contributed by atoms with van der Waals surface area (Å²) in [6.07, 6.45) is 5.69. The van der Waals surface area contributed by atoms with Gasteiger partial charge in [0.15, 0.2) is 11.9 Å². The van der Waals surface area contributed by atoms with Crippen LogP contribution in [0.3, 0.4) is 0 Å². The zero-order valence-electron chi connectivity index (χ0n) is 17.3. The van der Waals surface area contributed by atoms with E-state index in [-0.39, 0.29) is 11.8 Å². The first-order chi connectivity index (χ1) is 14.5. The molecule has 1 aliphatic heterocycles. The maximum atomic E-state index is 12.6. The Morgan fingerprint density at radius 1 is 1.27 bits per heavy atom. The molecule has 0 radical (unpaired) electrons. The van der Waals surface area contributed by atoms with Crippen molar-refractivity contribution in [3.05, 3.63) is 77.5 Å². The molecule has 0 bridgehead atoms. The average molecular weight is 401 g/mol. The molecule has 1 saturated heterocycles. The third kappa shape index (κ3) is 4.06. The molecule has 2 heterocycles. The van der Waals surface area contributed by atoms with Gasteiger partial charge in [-0.15, -0.1) is 0 Å². The summed E-state index contributed by atoms with van der Waals surface area (Å²) in [6.45, 7) is 12.5. The monoisotopic (exact) mass is 401 g/mol. The maximum Gasteiger partial charge on any atom is 0.330 e. The third-order valence-corrected chi connectivity index (χ3v) is 5.52. The van der Waals surface area contributed by atoms with Gasteiger partial charge in [-0.25, -0.2) is 9.83 Å². The van der Waals surface area contributed by atoms with E-state index in [1.807, 2.05) is 22.7 Å². The number of hydrogen-bond donors (Lipinski definition) is 1. The van der Waals surface area contributed by atoms with Crippen molar-refractivity contribution in [2.24, 2.45) is 5.92 Å². The van der Waals surface area contributed by atoms with E-state index in [0.717, 1.165) is 36.2 Å². The van der Waals surface area contributed by atoms with Crippen LogP contribution in [-0.4, -0.2) is 17.4 Å². The number of rotatable bonds is 5. The molecule has 0 saturated carbocycles. The van der Waals surface area contributed by atoms with E-state index in [1.54, 1.807) is 30.5 Å². The van der Waals surface area contributed by atoms with Gasteiger partial charge in [0.05, 0.1) is 6.57 Å². The largest absolute Gasteiger partial charge is 0.421 e. The maximum absolute atomic E-state index is 12.6. The molecule has 4 rings (SSSR count). The van der Waals surface area contributed by atoms with Crippen LogP contribution in [0.4, 0.5) is 11.4 Å². The first-order valence-corrected chi connectivity index (χ1v) is 10.2. The van der Waals surface area contributed by atoms with Gasteiger partial charge in [0.2, 0.25) is 12.2 Å². The SMILES string of the molecule is [C-]#[N+]c1ccc(Oc2c[nH]c[n+]2Cc2ccc(N3CCCC(C)C3=O)c(C)c2)cc1. The van der Waals surface area contributed by atoms with Gasteiger partial charge >= 0.3 is 5.88 Å². The van der Waals surface area contributed by atoms with E-state index < -0.39 is 0 Å². The Morgan fingerprint density at radius 3 is 2.80 bits per heavy atom. The van der Waals surface area contributed by atoms with Crippen LogP contribution in [0.25, 0.3) is 4.85 Å². The van der Waals surface area contributed by atoms with E-state index >= 15 is 0 Å². The second kappa shape index (κ2) is 8.42. The highest BCUT2D eigenvalue weighted by Crippen LogP contribution is 2.28. The van der Waals surface area contributed by atoms with Crippen molar-refractivity contribution in [2.45, 2.75) is 33.2 Å². The molecule has 1 N–H and O–H groups in total. The van der Waals surface area contributed by atoms with Crippen molar-refractivity contribution < 1.29 is 14.1 Å². The van der Waals surface area contributed by atoms with E-state index in [9.17, 15) is 4.79 Å². The van der Waals surface area contributed by atoms with Crippen LogP contribution in [0.1, 0.15) is 30.9 Å². The number of imidazole rings is 1. The van der Waals surface area contributed by atoms with Crippen molar-refractivity contribution in [3.8, 4) is 11.6 Å². The number of anilines is 1. The highest BCUT2D eigenvalue weighted by Gasteiger charge is 2.27. The Hall–Kier alpha value is -3.59. The number of benzene rings is 2. The van der Waals surface area contributed by atoms with Gasteiger partial charge in [-0.3, -0.25) is 4.79 Å². The lowest BCUT2D eigenvalue weighted by atomic mass is 9.97. The molecule has 1 aromatic heterocycles. The quantitative estimate of drug-likeness (QED) is 0.495. The Bertz CT molecular complexity index is 1100. The summed E-state index contributed by atoms with van der Waals surface area (Å²) in [5.41, 5.74) is 3.82. The summed E-state index contributed by atoms with van der Waals surface area (Å²) in [5, 5.41) is 0. The van der Waals surface area contributed by atoms with Crippen LogP contribution in [0.2, 0.25) is 0 Å². The predicted octanol–water partition coefficient (Wildman–Crippen LogP) is 4.76. The minimum absolute atomic E-state index is 0.0943. The molecule has 1 aliphatic rings. The van der Waals surface area contributed by atoms with E-state index in [2.05, 4.69) is 35.0 Å². The molecule has 2 aromatic carbocycles. The minimum atomic E-state index is 0.0943. The van der Waals surface area contributed by atoms with Gasteiger partial charge in [0.25, 0.3) is 0 Å². The lowest BCUT2D eigenvalue weighted by molar-refractivity contribution is -0.690. The van der Waals surface area contributed by atoms with E-state index in [4.69, 9.17) is 11.3 Å².